The van der Waals surface area contributed by atoms with E-state index in [4.69, 9.17) is 4.74 Å². The fourth-order valence-corrected chi connectivity index (χ4v) is 2.79. The Bertz CT molecular complexity index is 867. The Morgan fingerprint density at radius 3 is 2.74 bits per heavy atom. The average molecular weight is 311 g/mol. The monoisotopic (exact) mass is 311 g/mol. The fourth-order valence-electron chi connectivity index (χ4n) is 2.79. The number of fused-ring (bicyclic) bond motifs is 1. The number of ether oxygens (including phenoxy) is 1. The van der Waals surface area contributed by atoms with Crippen molar-refractivity contribution >= 4 is 16.9 Å². The zero-order valence-electron chi connectivity index (χ0n) is 13.2. The lowest BCUT2D eigenvalue weighted by Gasteiger charge is -2.07. The largest absolute Gasteiger partial charge is 0.462 e. The lowest BCUT2D eigenvalue weighted by Crippen LogP contribution is -2.06. The van der Waals surface area contributed by atoms with Gasteiger partial charge in [0.15, 0.2) is 0 Å². The Morgan fingerprint density at radius 1 is 1.22 bits per heavy atom. The Balaban J connectivity index is 1.93. The molecule has 0 amide bonds. The second kappa shape index (κ2) is 6.24. The maximum atomic E-state index is 14.4. The molecule has 2 aromatic carbocycles. The summed E-state index contributed by atoms with van der Waals surface area (Å²) in [7, 11) is 0. The van der Waals surface area contributed by atoms with Crippen LogP contribution in [0.25, 0.3) is 10.9 Å². The van der Waals surface area contributed by atoms with Crippen LogP contribution >= 0.6 is 0 Å². The minimum absolute atomic E-state index is 0.240. The first-order valence-electron chi connectivity index (χ1n) is 7.62. The van der Waals surface area contributed by atoms with Gasteiger partial charge in [-0.1, -0.05) is 24.3 Å². The number of H-pyrrole nitrogens is 1. The van der Waals surface area contributed by atoms with Gasteiger partial charge in [-0.3, -0.25) is 0 Å². The smallest absolute Gasteiger partial charge is 0.338 e. The number of halogens is 1. The van der Waals surface area contributed by atoms with Gasteiger partial charge in [-0.15, -0.1) is 0 Å². The molecule has 0 unspecified atom stereocenters. The third kappa shape index (κ3) is 2.97. The first kappa shape index (κ1) is 15.3. The molecule has 1 aromatic heterocycles. The van der Waals surface area contributed by atoms with Crippen LogP contribution in [0.5, 0.6) is 0 Å². The van der Waals surface area contributed by atoms with Crippen LogP contribution in [0, 0.1) is 12.7 Å². The van der Waals surface area contributed by atoms with Gasteiger partial charge in [0.05, 0.1) is 12.2 Å². The van der Waals surface area contributed by atoms with E-state index in [2.05, 4.69) is 4.98 Å². The van der Waals surface area contributed by atoms with Crippen molar-refractivity contribution in [1.29, 1.82) is 0 Å². The van der Waals surface area contributed by atoms with Crippen LogP contribution in [0.15, 0.2) is 42.5 Å². The molecule has 0 bridgehead atoms. The molecule has 3 aromatic rings. The van der Waals surface area contributed by atoms with Crippen molar-refractivity contribution in [3.05, 3.63) is 70.7 Å². The summed E-state index contributed by atoms with van der Waals surface area (Å²) < 4.78 is 19.3. The van der Waals surface area contributed by atoms with Crippen molar-refractivity contribution in [1.82, 2.24) is 4.98 Å². The van der Waals surface area contributed by atoms with Crippen molar-refractivity contribution in [3.8, 4) is 0 Å². The van der Waals surface area contributed by atoms with Gasteiger partial charge in [0.1, 0.15) is 5.82 Å². The first-order valence-corrected chi connectivity index (χ1v) is 7.62. The molecule has 0 aliphatic rings. The standard InChI is InChI=1S/C19H18FNO2/c1-3-23-19(22)14-9-8-13(17(20)11-14)10-16-12(2)21-18-7-5-4-6-15(16)18/h4-9,11,21H,3,10H2,1-2H3. The summed E-state index contributed by atoms with van der Waals surface area (Å²) in [6.07, 6.45) is 0.477. The Kier molecular flexibility index (Phi) is 4.15. The zero-order valence-corrected chi connectivity index (χ0v) is 13.2. The number of benzene rings is 2. The number of nitrogens with one attached hydrogen (secondary N) is 1. The number of aryl methyl sites for hydroxylation is 1. The number of aromatic amines is 1. The van der Waals surface area contributed by atoms with Gasteiger partial charge < -0.3 is 9.72 Å². The van der Waals surface area contributed by atoms with Gasteiger partial charge in [-0.25, -0.2) is 9.18 Å². The van der Waals surface area contributed by atoms with E-state index in [-0.39, 0.29) is 18.0 Å². The number of hydrogen-bond donors (Lipinski definition) is 1. The average Bonchev–Trinajstić information content (AvgIpc) is 2.85. The molecule has 0 aliphatic carbocycles. The molecule has 0 spiro atoms. The number of hydrogen-bond acceptors (Lipinski definition) is 2. The molecule has 1 heterocycles. The topological polar surface area (TPSA) is 42.1 Å². The molecule has 0 saturated heterocycles. The summed E-state index contributed by atoms with van der Waals surface area (Å²) >= 11 is 0. The lowest BCUT2D eigenvalue weighted by atomic mass is 10.0. The van der Waals surface area contributed by atoms with Gasteiger partial charge in [0.25, 0.3) is 0 Å². The highest BCUT2D eigenvalue weighted by molar-refractivity contribution is 5.89. The van der Waals surface area contributed by atoms with Crippen LogP contribution in [0.2, 0.25) is 0 Å². The molecule has 0 atom stereocenters. The molecule has 4 heteroatoms. The number of carbonyl (C=O) groups is 1. The molecule has 118 valence electrons. The van der Waals surface area contributed by atoms with E-state index < -0.39 is 5.97 Å². The number of rotatable bonds is 4. The highest BCUT2D eigenvalue weighted by atomic mass is 19.1. The SMILES string of the molecule is CCOC(=O)c1ccc(Cc2c(C)[nH]c3ccccc23)c(F)c1. The van der Waals surface area contributed by atoms with E-state index in [0.717, 1.165) is 22.2 Å². The van der Waals surface area contributed by atoms with Crippen LogP contribution in [0.1, 0.15) is 34.1 Å². The zero-order chi connectivity index (χ0) is 16.4. The predicted octanol–water partition coefficient (Wildman–Crippen LogP) is 4.38. The maximum absolute atomic E-state index is 14.4. The van der Waals surface area contributed by atoms with Crippen LogP contribution in [0.3, 0.4) is 0 Å². The summed E-state index contributed by atoms with van der Waals surface area (Å²) in [4.78, 5) is 15.0. The van der Waals surface area contributed by atoms with Crippen LogP contribution in [-0.4, -0.2) is 17.6 Å². The van der Waals surface area contributed by atoms with Gasteiger partial charge in [0.2, 0.25) is 0 Å². The Hall–Kier alpha value is -2.62. The minimum atomic E-state index is -0.499. The summed E-state index contributed by atoms with van der Waals surface area (Å²) in [5, 5.41) is 1.10. The van der Waals surface area contributed by atoms with Crippen molar-refractivity contribution in [2.24, 2.45) is 0 Å². The summed E-state index contributed by atoms with van der Waals surface area (Å²) in [5.41, 5.74) is 3.95. The fraction of sp³-hybridized carbons (Fsp3) is 0.211. The van der Waals surface area contributed by atoms with Gasteiger partial charge >= 0.3 is 5.97 Å². The third-order valence-corrected chi connectivity index (χ3v) is 3.96. The number of aromatic nitrogens is 1. The lowest BCUT2D eigenvalue weighted by molar-refractivity contribution is 0.0526. The molecule has 0 fully saturated rings. The van der Waals surface area contributed by atoms with E-state index in [0.29, 0.717) is 12.0 Å². The Labute approximate surface area is 134 Å². The van der Waals surface area contributed by atoms with Gasteiger partial charge in [-0.05, 0) is 43.2 Å². The van der Waals surface area contributed by atoms with E-state index in [1.807, 2.05) is 31.2 Å². The van der Waals surface area contributed by atoms with E-state index in [1.54, 1.807) is 19.1 Å². The highest BCUT2D eigenvalue weighted by Gasteiger charge is 2.14. The van der Waals surface area contributed by atoms with Crippen molar-refractivity contribution in [2.45, 2.75) is 20.3 Å². The van der Waals surface area contributed by atoms with Gasteiger partial charge in [0, 0.05) is 23.0 Å². The van der Waals surface area contributed by atoms with Crippen molar-refractivity contribution < 1.29 is 13.9 Å². The summed E-state index contributed by atoms with van der Waals surface area (Å²) in [6.45, 7) is 3.99. The number of para-hydroxylation sites is 1. The van der Waals surface area contributed by atoms with Crippen LogP contribution in [-0.2, 0) is 11.2 Å². The minimum Gasteiger partial charge on any atom is -0.462 e. The third-order valence-electron chi connectivity index (χ3n) is 3.96. The normalized spacial score (nSPS) is 10.9. The second-order valence-corrected chi connectivity index (χ2v) is 5.48. The Morgan fingerprint density at radius 2 is 2.00 bits per heavy atom. The molecule has 3 nitrogen and oxygen atoms in total. The first-order chi connectivity index (χ1) is 11.1. The maximum Gasteiger partial charge on any atom is 0.338 e. The highest BCUT2D eigenvalue weighted by Crippen LogP contribution is 2.25. The summed E-state index contributed by atoms with van der Waals surface area (Å²) in [6, 6.07) is 12.5. The molecule has 0 radical (unpaired) electrons. The molecule has 3 rings (SSSR count). The molecule has 0 aliphatic heterocycles. The van der Waals surface area contributed by atoms with Crippen molar-refractivity contribution in [3.63, 3.8) is 0 Å². The summed E-state index contributed by atoms with van der Waals surface area (Å²) in [5.74, 6) is -0.888. The number of esters is 1. The quantitative estimate of drug-likeness (QED) is 0.726. The van der Waals surface area contributed by atoms with E-state index in [1.165, 1.54) is 6.07 Å². The van der Waals surface area contributed by atoms with Crippen molar-refractivity contribution in [2.75, 3.05) is 6.61 Å². The predicted molar refractivity (Wildman–Crippen MR) is 88.2 cm³/mol. The molecule has 23 heavy (non-hydrogen) atoms. The van der Waals surface area contributed by atoms with E-state index in [9.17, 15) is 9.18 Å². The molecule has 0 saturated carbocycles. The van der Waals surface area contributed by atoms with Gasteiger partial charge in [-0.2, -0.15) is 0 Å². The molecule has 1 N–H and O–H groups in total. The molecular formula is C19H18FNO2. The molecular weight excluding hydrogens is 293 g/mol. The van der Waals surface area contributed by atoms with Crippen LogP contribution in [0.4, 0.5) is 4.39 Å². The van der Waals surface area contributed by atoms with Crippen LogP contribution < -0.4 is 0 Å². The van der Waals surface area contributed by atoms with E-state index >= 15 is 0 Å². The number of carbonyl (C=O) groups excluding carboxylic acids is 1. The second-order valence-electron chi connectivity index (χ2n) is 5.48.